The molecule has 232 valence electrons. The van der Waals surface area contributed by atoms with Gasteiger partial charge in [-0.25, -0.2) is 24.9 Å². The molecule has 3 aromatic heterocycles. The molecule has 1 N–H and O–H groups in total. The lowest BCUT2D eigenvalue weighted by molar-refractivity contribution is -0.626. The van der Waals surface area contributed by atoms with Crippen LogP contribution < -0.4 is 10.1 Å². The van der Waals surface area contributed by atoms with Crippen molar-refractivity contribution in [2.24, 2.45) is 40.9 Å². The molecule has 7 saturated carbocycles. The molecule has 0 spiro atoms. The lowest BCUT2D eigenvalue weighted by atomic mass is 8.92. The maximum Gasteiger partial charge on any atom is 0.434 e. The van der Waals surface area contributed by atoms with Gasteiger partial charge in [-0.1, -0.05) is 0 Å². The normalized spacial score (nSPS) is 35.6. The van der Waals surface area contributed by atoms with Gasteiger partial charge in [0.1, 0.15) is 23.5 Å². The zero-order valence-electron chi connectivity index (χ0n) is 25.1. The monoisotopic (exact) mass is 615 g/mol. The summed E-state index contributed by atoms with van der Waals surface area (Å²) in [6, 6.07) is -0.0694. The van der Waals surface area contributed by atoms with Crippen molar-refractivity contribution in [3.05, 3.63) is 41.0 Å². The highest BCUT2D eigenvalue weighted by atomic mass is 19.4. The fourth-order valence-electron chi connectivity index (χ4n) is 11.2. The fraction of sp³-hybridized carbons (Fsp3) is 0.625. The number of aromatic nitrogens is 6. The van der Waals surface area contributed by atoms with Crippen LogP contribution in [-0.2, 0) is 24.6 Å². The van der Waals surface area contributed by atoms with Gasteiger partial charge in [0, 0.05) is 48.6 Å². The Hall–Kier alpha value is -3.95. The van der Waals surface area contributed by atoms with E-state index in [-0.39, 0.29) is 16.9 Å². The first-order chi connectivity index (χ1) is 21.7. The van der Waals surface area contributed by atoms with Crippen LogP contribution in [0.25, 0.3) is 11.4 Å². The van der Waals surface area contributed by atoms with Crippen molar-refractivity contribution < 1.29 is 17.9 Å². The number of fused-ring (bicyclic) bond motifs is 1. The van der Waals surface area contributed by atoms with E-state index in [1.165, 1.54) is 12.5 Å². The van der Waals surface area contributed by atoms with E-state index in [1.54, 1.807) is 16.6 Å². The zero-order chi connectivity index (χ0) is 30.8. The van der Waals surface area contributed by atoms with Gasteiger partial charge in [-0.05, 0) is 67.6 Å². The maximum atomic E-state index is 13.7. The zero-order valence-corrected chi connectivity index (χ0v) is 25.1. The van der Waals surface area contributed by atoms with Crippen LogP contribution >= 0.6 is 0 Å². The number of halogens is 3. The maximum absolute atomic E-state index is 13.7. The summed E-state index contributed by atoms with van der Waals surface area (Å²) in [5.74, 6) is 5.63. The number of hydrogen-bond acceptors (Lipinski definition) is 9. The van der Waals surface area contributed by atoms with E-state index in [2.05, 4.69) is 26.5 Å². The molecule has 45 heavy (non-hydrogen) atoms. The molecule has 0 bridgehead atoms. The highest BCUT2D eigenvalue weighted by Crippen LogP contribution is 3.09. The molecular weight excluding hydrogens is 583 g/mol. The van der Waals surface area contributed by atoms with E-state index >= 15 is 0 Å². The summed E-state index contributed by atoms with van der Waals surface area (Å²) < 4.78 is 48.5. The number of nitrogens with one attached hydrogen (secondary N) is 1. The third-order valence-corrected chi connectivity index (χ3v) is 12.8. The Morgan fingerprint density at radius 2 is 1.82 bits per heavy atom. The van der Waals surface area contributed by atoms with Gasteiger partial charge in [0.05, 0.1) is 25.0 Å². The number of ether oxygens (including phenoxy) is 1. The topological polar surface area (TPSA) is 118 Å². The third-order valence-electron chi connectivity index (χ3n) is 12.8. The summed E-state index contributed by atoms with van der Waals surface area (Å²) in [6.07, 6.45) is 3.37. The number of hydrogen-bond donors (Lipinski definition) is 1. The van der Waals surface area contributed by atoms with Crippen LogP contribution in [0.3, 0.4) is 0 Å². The standard InChI is InChI=1S/C32H32F3N9O/c1-13(2)44-9-17(32(33,34)35)41-29(44)31-22-19-23(31)21-24(31)20(22)30(19,21)10-37-26-15-8-43(11-36)7-6-16(15)40-27(42-26)18-25(14-4-5-14)38-12-39-28(18)45-3/h9,12-14,19-24H,4-8,10H2,1-3H3,(H,37,40,42). The average Bonchev–Trinajstić information content (AvgIpc) is 3.78. The molecule has 3 aromatic rings. The first-order valence-electron chi connectivity index (χ1n) is 16.0. The van der Waals surface area contributed by atoms with E-state index in [1.807, 2.05) is 13.8 Å². The lowest BCUT2D eigenvalue weighted by Gasteiger charge is -3.11. The van der Waals surface area contributed by atoms with Crippen molar-refractivity contribution >= 4 is 5.82 Å². The molecule has 0 radical (unpaired) electrons. The molecule has 0 aromatic carbocycles. The second-order valence-electron chi connectivity index (χ2n) is 14.5. The first-order valence-corrected chi connectivity index (χ1v) is 16.0. The van der Waals surface area contributed by atoms with E-state index < -0.39 is 11.9 Å². The predicted octanol–water partition coefficient (Wildman–Crippen LogP) is 4.56. The van der Waals surface area contributed by atoms with Crippen LogP contribution in [0.15, 0.2) is 12.5 Å². The van der Waals surface area contributed by atoms with E-state index in [0.717, 1.165) is 47.7 Å². The van der Waals surface area contributed by atoms with Crippen molar-refractivity contribution in [1.82, 2.24) is 34.4 Å². The smallest absolute Gasteiger partial charge is 0.434 e. The Bertz CT molecular complexity index is 1800. The second kappa shape index (κ2) is 8.06. The number of nitrogens with zero attached hydrogens (tertiary/aromatic N) is 8. The van der Waals surface area contributed by atoms with E-state index in [4.69, 9.17) is 14.7 Å². The minimum absolute atomic E-state index is 0.0694. The second-order valence-corrected chi connectivity index (χ2v) is 14.5. The summed E-state index contributed by atoms with van der Waals surface area (Å²) in [7, 11) is 1.60. The number of methoxy groups -OCH3 is 1. The van der Waals surface area contributed by atoms with Gasteiger partial charge in [-0.2, -0.15) is 18.4 Å². The number of anilines is 1. The summed E-state index contributed by atoms with van der Waals surface area (Å²) in [4.78, 5) is 25.0. The number of imidazole rings is 1. The van der Waals surface area contributed by atoms with E-state index in [9.17, 15) is 18.4 Å². The van der Waals surface area contributed by atoms with Crippen LogP contribution in [0, 0.1) is 52.4 Å². The SMILES string of the molecule is COc1ncnc(C2CC2)c1-c1nc2c(c(NCC34C5C6C3C3C4C5C63c3nc(C(F)(F)F)cn3C(C)C)n1)CN(C#N)CC2. The first kappa shape index (κ1) is 26.3. The number of nitriles is 1. The summed E-state index contributed by atoms with van der Waals surface area (Å²) in [5.41, 5.74) is 2.79. The van der Waals surface area contributed by atoms with Crippen LogP contribution in [0.1, 0.15) is 67.1 Å². The summed E-state index contributed by atoms with van der Waals surface area (Å²) >= 11 is 0. The van der Waals surface area contributed by atoms with Crippen molar-refractivity contribution in [3.8, 4) is 23.5 Å². The molecule has 4 heterocycles. The molecule has 13 heteroatoms. The van der Waals surface area contributed by atoms with Gasteiger partial charge < -0.3 is 19.5 Å². The molecule has 10 nitrogen and oxygen atoms in total. The van der Waals surface area contributed by atoms with Crippen LogP contribution in [0.5, 0.6) is 5.88 Å². The summed E-state index contributed by atoms with van der Waals surface area (Å²) in [5, 5.41) is 13.4. The Morgan fingerprint density at radius 3 is 2.44 bits per heavy atom. The van der Waals surface area contributed by atoms with Crippen molar-refractivity contribution in [2.45, 2.75) is 63.2 Å². The fourth-order valence-corrected chi connectivity index (χ4v) is 11.2. The molecule has 7 fully saturated rings. The van der Waals surface area contributed by atoms with Crippen LogP contribution in [-0.4, -0.2) is 54.6 Å². The molecular formula is C32H32F3N9O. The van der Waals surface area contributed by atoms with E-state index in [0.29, 0.717) is 78.5 Å². The summed E-state index contributed by atoms with van der Waals surface area (Å²) in [6.45, 7) is 5.70. The lowest BCUT2D eigenvalue weighted by Crippen LogP contribution is -3.12. The van der Waals surface area contributed by atoms with Gasteiger partial charge in [-0.3, -0.25) is 0 Å². The molecule has 7 aliphatic carbocycles. The predicted molar refractivity (Wildman–Crippen MR) is 152 cm³/mol. The molecule has 0 saturated heterocycles. The minimum Gasteiger partial charge on any atom is -0.480 e. The Balaban J connectivity index is 0.964. The quantitative estimate of drug-likeness (QED) is 0.364. The Labute approximate surface area is 257 Å². The molecule has 8 aliphatic rings. The average molecular weight is 616 g/mol. The third kappa shape index (κ3) is 2.79. The Morgan fingerprint density at radius 1 is 1.09 bits per heavy atom. The van der Waals surface area contributed by atoms with Crippen molar-refractivity contribution in [2.75, 3.05) is 25.5 Å². The largest absolute Gasteiger partial charge is 0.480 e. The molecule has 1 aliphatic heterocycles. The highest BCUT2D eigenvalue weighted by Gasteiger charge is 3.10. The van der Waals surface area contributed by atoms with Gasteiger partial charge in [0.15, 0.2) is 17.7 Å². The van der Waals surface area contributed by atoms with Gasteiger partial charge in [0.25, 0.3) is 0 Å². The minimum atomic E-state index is -4.44. The highest BCUT2D eigenvalue weighted by molar-refractivity contribution is 5.69. The molecule has 0 atom stereocenters. The van der Waals surface area contributed by atoms with Crippen LogP contribution in [0.4, 0.5) is 19.0 Å². The molecule has 0 unspecified atom stereocenters. The Kier molecular flexibility index (Phi) is 4.71. The molecule has 0 amide bonds. The molecule has 11 rings (SSSR count). The van der Waals surface area contributed by atoms with Gasteiger partial charge in [-0.15, -0.1) is 0 Å². The van der Waals surface area contributed by atoms with Crippen molar-refractivity contribution in [1.29, 1.82) is 5.26 Å². The number of rotatable bonds is 8. The number of alkyl halides is 3. The van der Waals surface area contributed by atoms with Gasteiger partial charge >= 0.3 is 6.18 Å². The van der Waals surface area contributed by atoms with Crippen molar-refractivity contribution in [3.63, 3.8) is 0 Å². The van der Waals surface area contributed by atoms with Gasteiger partial charge in [0.2, 0.25) is 5.88 Å². The van der Waals surface area contributed by atoms with Crippen LogP contribution in [0.2, 0.25) is 0 Å².